The Kier molecular flexibility index (Phi) is 6.97. The van der Waals surface area contributed by atoms with E-state index in [0.717, 1.165) is 12.8 Å². The van der Waals surface area contributed by atoms with E-state index in [0.29, 0.717) is 0 Å². The molecule has 0 heterocycles. The van der Waals surface area contributed by atoms with E-state index in [1.807, 2.05) is 12.2 Å². The van der Waals surface area contributed by atoms with Crippen molar-refractivity contribution in [2.75, 3.05) is 0 Å². The molecular formula is C12H15Na. The van der Waals surface area contributed by atoms with E-state index in [1.54, 1.807) is 0 Å². The Morgan fingerprint density at radius 2 is 1.38 bits per heavy atom. The van der Waals surface area contributed by atoms with Crippen LogP contribution < -0.4 is 29.6 Å². The molecule has 64 valence electrons. The van der Waals surface area contributed by atoms with Crippen molar-refractivity contribution in [1.29, 1.82) is 0 Å². The van der Waals surface area contributed by atoms with Crippen molar-refractivity contribution in [3.05, 3.63) is 60.7 Å². The molecule has 1 heteroatoms. The normalized spacial score (nSPS) is 8.62. The molecule has 0 N–H and O–H groups in total. The van der Waals surface area contributed by atoms with Crippen molar-refractivity contribution >= 4 is 0 Å². The summed E-state index contributed by atoms with van der Waals surface area (Å²) in [4.78, 5) is 0. The number of hydrogen-bond donors (Lipinski definition) is 0. The Morgan fingerprint density at radius 3 is 1.69 bits per heavy atom. The molecule has 0 radical (unpaired) electrons. The summed E-state index contributed by atoms with van der Waals surface area (Å²) in [6, 6.07) is 8.40. The molecule has 1 rings (SSSR count). The first-order valence-electron chi connectivity index (χ1n) is 4.17. The molecule has 1 aromatic rings. The minimum atomic E-state index is 0. The van der Waals surface area contributed by atoms with Crippen LogP contribution >= 0.6 is 0 Å². The van der Waals surface area contributed by atoms with Crippen molar-refractivity contribution in [3.8, 4) is 0 Å². The maximum Gasteiger partial charge on any atom is 1.00 e. The van der Waals surface area contributed by atoms with Crippen LogP contribution in [0.2, 0.25) is 0 Å². The van der Waals surface area contributed by atoms with Gasteiger partial charge in [0.1, 0.15) is 0 Å². The molecule has 0 nitrogen and oxygen atoms in total. The Labute approximate surface area is 104 Å². The van der Waals surface area contributed by atoms with Crippen molar-refractivity contribution in [1.82, 2.24) is 0 Å². The molecule has 13 heavy (non-hydrogen) atoms. The van der Waals surface area contributed by atoms with Crippen molar-refractivity contribution < 1.29 is 31.0 Å². The van der Waals surface area contributed by atoms with E-state index < -0.39 is 0 Å². The van der Waals surface area contributed by atoms with Gasteiger partial charge in [0.25, 0.3) is 0 Å². The quantitative estimate of drug-likeness (QED) is 0.463. The van der Waals surface area contributed by atoms with Crippen molar-refractivity contribution in [2.24, 2.45) is 0 Å². The summed E-state index contributed by atoms with van der Waals surface area (Å²) in [7, 11) is 0. The predicted octanol–water partition coefficient (Wildman–Crippen LogP) is 0.260. The Bertz CT molecular complexity index is 252. The van der Waals surface area contributed by atoms with Crippen LogP contribution in [0.1, 0.15) is 12.6 Å². The molecule has 0 atom stereocenters. The molecule has 0 spiro atoms. The fourth-order valence-corrected chi connectivity index (χ4v) is 1.27. The van der Waals surface area contributed by atoms with Crippen LogP contribution in [0.15, 0.2) is 49.6 Å². The standard InChI is InChI=1S/C12H14.Na.H/c1-3-7-11-9-5-6-10-12(11)8-4-2;;/h3-6,9-10H,1-2,7-8H2;;/q;+1;-1. The third-order valence-corrected chi connectivity index (χ3v) is 1.85. The molecular weight excluding hydrogens is 167 g/mol. The Balaban J connectivity index is 0. The summed E-state index contributed by atoms with van der Waals surface area (Å²) in [5.41, 5.74) is 2.71. The maximum absolute atomic E-state index is 3.73. The van der Waals surface area contributed by atoms with Gasteiger partial charge in [-0.1, -0.05) is 36.4 Å². The van der Waals surface area contributed by atoms with Crippen molar-refractivity contribution in [3.63, 3.8) is 0 Å². The minimum Gasteiger partial charge on any atom is -1.00 e. The average Bonchev–Trinajstić information content (AvgIpc) is 2.09. The number of rotatable bonds is 4. The number of benzene rings is 1. The zero-order valence-corrected chi connectivity index (χ0v) is 10.3. The molecule has 0 aromatic heterocycles. The molecule has 0 saturated carbocycles. The minimum absolute atomic E-state index is 0. The van der Waals surface area contributed by atoms with Gasteiger partial charge in [0, 0.05) is 0 Å². The van der Waals surface area contributed by atoms with Gasteiger partial charge in [-0.25, -0.2) is 0 Å². The molecule has 1 aromatic carbocycles. The molecule has 0 aliphatic carbocycles. The summed E-state index contributed by atoms with van der Waals surface area (Å²) in [5, 5.41) is 0. The second-order valence-corrected chi connectivity index (χ2v) is 2.75. The van der Waals surface area contributed by atoms with Crippen LogP contribution in [0.3, 0.4) is 0 Å². The number of allylic oxidation sites excluding steroid dienone is 2. The Morgan fingerprint density at radius 1 is 1.00 bits per heavy atom. The van der Waals surface area contributed by atoms with E-state index in [-0.39, 0.29) is 31.0 Å². The zero-order chi connectivity index (χ0) is 8.81. The van der Waals surface area contributed by atoms with E-state index >= 15 is 0 Å². The van der Waals surface area contributed by atoms with Gasteiger partial charge in [0.15, 0.2) is 0 Å². The second-order valence-electron chi connectivity index (χ2n) is 2.75. The van der Waals surface area contributed by atoms with E-state index in [2.05, 4.69) is 37.4 Å². The summed E-state index contributed by atoms with van der Waals surface area (Å²) in [6.45, 7) is 7.46. The van der Waals surface area contributed by atoms with E-state index in [1.165, 1.54) is 11.1 Å². The van der Waals surface area contributed by atoms with Gasteiger partial charge >= 0.3 is 29.6 Å². The second kappa shape index (κ2) is 7.14. The molecule has 0 aliphatic heterocycles. The average molecular weight is 182 g/mol. The summed E-state index contributed by atoms with van der Waals surface area (Å²) < 4.78 is 0. The zero-order valence-electron chi connectivity index (χ0n) is 9.29. The topological polar surface area (TPSA) is 0 Å². The number of hydrogen-bond acceptors (Lipinski definition) is 0. The van der Waals surface area contributed by atoms with Gasteiger partial charge < -0.3 is 1.43 Å². The smallest absolute Gasteiger partial charge is 1.00 e. The molecule has 0 fully saturated rings. The monoisotopic (exact) mass is 182 g/mol. The molecule has 0 unspecified atom stereocenters. The van der Waals surface area contributed by atoms with E-state index in [9.17, 15) is 0 Å². The fraction of sp³-hybridized carbons (Fsp3) is 0.167. The first-order chi connectivity index (χ1) is 5.88. The van der Waals surface area contributed by atoms with Crippen LogP contribution in [0.5, 0.6) is 0 Å². The summed E-state index contributed by atoms with van der Waals surface area (Å²) in [6.07, 6.45) is 5.76. The summed E-state index contributed by atoms with van der Waals surface area (Å²) in [5.74, 6) is 0. The molecule has 0 amide bonds. The third-order valence-electron chi connectivity index (χ3n) is 1.85. The van der Waals surface area contributed by atoms with Crippen LogP contribution in [0.4, 0.5) is 0 Å². The van der Waals surface area contributed by atoms with Gasteiger partial charge in [-0.05, 0) is 24.0 Å². The fourth-order valence-electron chi connectivity index (χ4n) is 1.27. The third kappa shape index (κ3) is 3.95. The van der Waals surface area contributed by atoms with Gasteiger partial charge in [0.05, 0.1) is 0 Å². The molecule has 0 bridgehead atoms. The van der Waals surface area contributed by atoms with Crippen LogP contribution in [0, 0.1) is 0 Å². The predicted molar refractivity (Wildman–Crippen MR) is 55.4 cm³/mol. The van der Waals surface area contributed by atoms with Crippen LogP contribution in [-0.2, 0) is 12.8 Å². The first-order valence-corrected chi connectivity index (χ1v) is 4.17. The summed E-state index contributed by atoms with van der Waals surface area (Å²) >= 11 is 0. The van der Waals surface area contributed by atoms with Gasteiger partial charge in [0.2, 0.25) is 0 Å². The van der Waals surface area contributed by atoms with Gasteiger partial charge in [-0.15, -0.1) is 13.2 Å². The SMILES string of the molecule is C=CCc1ccccc1CC=C.[H-].[Na+]. The van der Waals surface area contributed by atoms with Crippen LogP contribution in [-0.4, -0.2) is 0 Å². The Hall–Kier alpha value is -0.300. The van der Waals surface area contributed by atoms with Crippen molar-refractivity contribution in [2.45, 2.75) is 12.8 Å². The largest absolute Gasteiger partial charge is 1.00 e. The van der Waals surface area contributed by atoms with Gasteiger partial charge in [-0.2, -0.15) is 0 Å². The van der Waals surface area contributed by atoms with Crippen LogP contribution in [0.25, 0.3) is 0 Å². The molecule has 0 saturated heterocycles. The maximum atomic E-state index is 3.73. The molecule has 0 aliphatic rings. The van der Waals surface area contributed by atoms with E-state index in [4.69, 9.17) is 0 Å². The van der Waals surface area contributed by atoms with Gasteiger partial charge in [-0.3, -0.25) is 0 Å². The first kappa shape index (κ1) is 12.7.